The van der Waals surface area contributed by atoms with E-state index in [0.717, 1.165) is 47.1 Å². The van der Waals surface area contributed by atoms with Gasteiger partial charge in [0.05, 0.1) is 13.2 Å². The Hall–Kier alpha value is -4.05. The molecule has 0 spiro atoms. The fourth-order valence-corrected chi connectivity index (χ4v) is 4.46. The van der Waals surface area contributed by atoms with Crippen molar-refractivity contribution in [1.82, 2.24) is 4.98 Å². The van der Waals surface area contributed by atoms with Crippen molar-refractivity contribution < 1.29 is 14.3 Å². The van der Waals surface area contributed by atoms with E-state index < -0.39 is 0 Å². The van der Waals surface area contributed by atoms with E-state index in [1.807, 2.05) is 79.0 Å². The van der Waals surface area contributed by atoms with Gasteiger partial charge in [0.2, 0.25) is 0 Å². The first-order valence-electron chi connectivity index (χ1n) is 12.2. The number of aromatic amines is 1. The van der Waals surface area contributed by atoms with Crippen molar-refractivity contribution in [1.29, 1.82) is 0 Å². The van der Waals surface area contributed by atoms with Crippen LogP contribution in [0.2, 0.25) is 0 Å². The summed E-state index contributed by atoms with van der Waals surface area (Å²) in [6.07, 6.45) is 4.66. The SMILES string of the molecule is CCCc1c(OCCCOc2ccc3cc[nH]c3c2)ccc2cc(C(=O)c3ccccc3)ccc12. The molecule has 1 heterocycles. The maximum absolute atomic E-state index is 12.9. The Labute approximate surface area is 205 Å². The predicted molar refractivity (Wildman–Crippen MR) is 142 cm³/mol. The predicted octanol–water partition coefficient (Wildman–Crippen LogP) is 7.35. The van der Waals surface area contributed by atoms with E-state index in [1.54, 1.807) is 0 Å². The van der Waals surface area contributed by atoms with Crippen LogP contribution in [0.25, 0.3) is 21.7 Å². The molecule has 0 saturated heterocycles. The average Bonchev–Trinajstić information content (AvgIpc) is 3.37. The summed E-state index contributed by atoms with van der Waals surface area (Å²) in [7, 11) is 0. The third kappa shape index (κ3) is 5.07. The van der Waals surface area contributed by atoms with Gasteiger partial charge in [-0.1, -0.05) is 61.9 Å². The molecule has 0 aliphatic carbocycles. The Kier molecular flexibility index (Phi) is 6.80. The van der Waals surface area contributed by atoms with Crippen LogP contribution in [0.15, 0.2) is 91.1 Å². The molecule has 0 bridgehead atoms. The minimum atomic E-state index is 0.0419. The standard InChI is InChI=1S/C31H29NO3/c1-2-7-28-27-14-11-25(31(33)23-8-4-3-5-9-23)20-24(27)12-15-30(28)35-19-6-18-34-26-13-10-22-16-17-32-29(22)21-26/h3-5,8-17,20-21,32H,2,6-7,18-19H2,1H3. The summed E-state index contributed by atoms with van der Waals surface area (Å²) in [5.74, 6) is 1.81. The molecule has 4 nitrogen and oxygen atoms in total. The van der Waals surface area contributed by atoms with Crippen LogP contribution in [0, 0.1) is 0 Å². The number of fused-ring (bicyclic) bond motifs is 2. The quantitative estimate of drug-likeness (QED) is 0.174. The highest BCUT2D eigenvalue weighted by Crippen LogP contribution is 2.31. The van der Waals surface area contributed by atoms with Gasteiger partial charge in [-0.2, -0.15) is 0 Å². The smallest absolute Gasteiger partial charge is 0.193 e. The number of benzene rings is 4. The van der Waals surface area contributed by atoms with Crippen molar-refractivity contribution in [2.45, 2.75) is 26.2 Å². The summed E-state index contributed by atoms with van der Waals surface area (Å²) < 4.78 is 12.1. The normalized spacial score (nSPS) is 11.1. The number of hydrogen-bond donors (Lipinski definition) is 1. The van der Waals surface area contributed by atoms with E-state index in [4.69, 9.17) is 9.47 Å². The lowest BCUT2D eigenvalue weighted by molar-refractivity contribution is 0.103. The number of aromatic nitrogens is 1. The third-order valence-electron chi connectivity index (χ3n) is 6.23. The number of carbonyl (C=O) groups is 1. The Morgan fingerprint density at radius 2 is 1.63 bits per heavy atom. The zero-order valence-corrected chi connectivity index (χ0v) is 19.9. The van der Waals surface area contributed by atoms with Gasteiger partial charge in [0.15, 0.2) is 5.78 Å². The second-order valence-electron chi connectivity index (χ2n) is 8.70. The molecule has 0 fully saturated rings. The molecule has 35 heavy (non-hydrogen) atoms. The van der Waals surface area contributed by atoms with Gasteiger partial charge in [-0.05, 0) is 52.9 Å². The maximum atomic E-state index is 12.9. The Bertz CT molecular complexity index is 1450. The fraction of sp³-hybridized carbons (Fsp3) is 0.194. The number of ether oxygens (including phenoxy) is 2. The van der Waals surface area contributed by atoms with Crippen LogP contribution in [-0.4, -0.2) is 24.0 Å². The molecular formula is C31H29NO3. The van der Waals surface area contributed by atoms with Crippen LogP contribution in [0.4, 0.5) is 0 Å². The Morgan fingerprint density at radius 1 is 0.800 bits per heavy atom. The molecule has 5 rings (SSSR count). The Balaban J connectivity index is 1.25. The molecule has 5 aromatic rings. The molecule has 1 aromatic heterocycles. The monoisotopic (exact) mass is 463 g/mol. The van der Waals surface area contributed by atoms with Gasteiger partial charge in [0.1, 0.15) is 11.5 Å². The number of rotatable bonds is 10. The molecule has 0 radical (unpaired) electrons. The highest BCUT2D eigenvalue weighted by Gasteiger charge is 2.13. The van der Waals surface area contributed by atoms with E-state index in [2.05, 4.69) is 24.0 Å². The van der Waals surface area contributed by atoms with Gasteiger partial charge < -0.3 is 14.5 Å². The first-order valence-corrected chi connectivity index (χ1v) is 12.2. The van der Waals surface area contributed by atoms with Crippen LogP contribution >= 0.6 is 0 Å². The lowest BCUT2D eigenvalue weighted by Crippen LogP contribution is -2.06. The molecule has 176 valence electrons. The topological polar surface area (TPSA) is 51.3 Å². The number of H-pyrrole nitrogens is 1. The summed E-state index contributed by atoms with van der Waals surface area (Å²) >= 11 is 0. The van der Waals surface area contributed by atoms with Gasteiger partial charge in [0, 0.05) is 40.9 Å². The minimum Gasteiger partial charge on any atom is -0.493 e. The maximum Gasteiger partial charge on any atom is 0.193 e. The van der Waals surface area contributed by atoms with Crippen molar-refractivity contribution in [2.24, 2.45) is 0 Å². The van der Waals surface area contributed by atoms with E-state index in [-0.39, 0.29) is 5.78 Å². The van der Waals surface area contributed by atoms with Crippen LogP contribution in [0.1, 0.15) is 41.3 Å². The zero-order chi connectivity index (χ0) is 24.0. The molecular weight excluding hydrogens is 434 g/mol. The number of ketones is 1. The first kappa shape index (κ1) is 22.7. The summed E-state index contributed by atoms with van der Waals surface area (Å²) in [6.45, 7) is 3.34. The van der Waals surface area contributed by atoms with Crippen molar-refractivity contribution in [3.8, 4) is 11.5 Å². The lowest BCUT2D eigenvalue weighted by atomic mass is 9.95. The molecule has 0 unspecified atom stereocenters. The highest BCUT2D eigenvalue weighted by molar-refractivity contribution is 6.10. The summed E-state index contributed by atoms with van der Waals surface area (Å²) in [6, 6.07) is 27.6. The largest absolute Gasteiger partial charge is 0.493 e. The lowest BCUT2D eigenvalue weighted by Gasteiger charge is -2.15. The number of aryl methyl sites for hydroxylation is 1. The van der Waals surface area contributed by atoms with Crippen LogP contribution in [0.3, 0.4) is 0 Å². The molecule has 0 aliphatic heterocycles. The van der Waals surface area contributed by atoms with Crippen molar-refractivity contribution in [3.05, 3.63) is 108 Å². The summed E-state index contributed by atoms with van der Waals surface area (Å²) in [5.41, 5.74) is 3.68. The first-order chi connectivity index (χ1) is 17.2. The van der Waals surface area contributed by atoms with Gasteiger partial charge in [0.25, 0.3) is 0 Å². The van der Waals surface area contributed by atoms with Crippen molar-refractivity contribution >= 4 is 27.5 Å². The molecule has 1 N–H and O–H groups in total. The average molecular weight is 464 g/mol. The zero-order valence-electron chi connectivity index (χ0n) is 19.9. The summed E-state index contributed by atoms with van der Waals surface area (Å²) in [5, 5.41) is 3.38. The molecule has 4 heteroatoms. The number of nitrogens with one attached hydrogen (secondary N) is 1. The molecule has 0 saturated carbocycles. The Morgan fingerprint density at radius 3 is 2.49 bits per heavy atom. The second kappa shape index (κ2) is 10.5. The molecule has 0 aliphatic rings. The van der Waals surface area contributed by atoms with Crippen LogP contribution in [0.5, 0.6) is 11.5 Å². The van der Waals surface area contributed by atoms with Gasteiger partial charge in [-0.25, -0.2) is 0 Å². The second-order valence-corrected chi connectivity index (χ2v) is 8.70. The van der Waals surface area contributed by atoms with Crippen molar-refractivity contribution in [2.75, 3.05) is 13.2 Å². The number of carbonyl (C=O) groups excluding carboxylic acids is 1. The van der Waals surface area contributed by atoms with E-state index in [1.165, 1.54) is 10.9 Å². The van der Waals surface area contributed by atoms with E-state index in [0.29, 0.717) is 24.3 Å². The van der Waals surface area contributed by atoms with Gasteiger partial charge in [-0.15, -0.1) is 0 Å². The van der Waals surface area contributed by atoms with Crippen LogP contribution < -0.4 is 9.47 Å². The fourth-order valence-electron chi connectivity index (χ4n) is 4.46. The molecule has 4 aromatic carbocycles. The summed E-state index contributed by atoms with van der Waals surface area (Å²) in [4.78, 5) is 16.1. The van der Waals surface area contributed by atoms with E-state index in [9.17, 15) is 4.79 Å². The van der Waals surface area contributed by atoms with E-state index >= 15 is 0 Å². The third-order valence-corrected chi connectivity index (χ3v) is 6.23. The molecule has 0 atom stereocenters. The van der Waals surface area contributed by atoms with Crippen molar-refractivity contribution in [3.63, 3.8) is 0 Å². The minimum absolute atomic E-state index is 0.0419. The number of hydrogen-bond acceptors (Lipinski definition) is 3. The molecule has 0 amide bonds. The van der Waals surface area contributed by atoms with Crippen LogP contribution in [-0.2, 0) is 6.42 Å². The van der Waals surface area contributed by atoms with Gasteiger partial charge >= 0.3 is 0 Å². The highest BCUT2D eigenvalue weighted by atomic mass is 16.5. The van der Waals surface area contributed by atoms with Gasteiger partial charge in [-0.3, -0.25) is 4.79 Å².